The maximum atomic E-state index is 10.7. The number of piperidine rings is 1. The van der Waals surface area contributed by atoms with Gasteiger partial charge in [0.05, 0.1) is 18.1 Å². The molecule has 0 amide bonds. The summed E-state index contributed by atoms with van der Waals surface area (Å²) in [5.74, 6) is -0.979. The van der Waals surface area contributed by atoms with E-state index in [1.165, 1.54) is 0 Å². The molecule has 2 heterocycles. The van der Waals surface area contributed by atoms with E-state index in [0.29, 0.717) is 19.3 Å². The lowest BCUT2D eigenvalue weighted by atomic mass is 9.89. The first kappa shape index (κ1) is 10.9. The fraction of sp³-hybridized carbons (Fsp3) is 0.900. The minimum atomic E-state index is -1.16. The summed E-state index contributed by atoms with van der Waals surface area (Å²) < 4.78 is 0. The van der Waals surface area contributed by atoms with Crippen molar-refractivity contribution in [3.63, 3.8) is 0 Å². The van der Waals surface area contributed by atoms with Gasteiger partial charge in [-0.15, -0.1) is 0 Å². The molecule has 2 fully saturated rings. The monoisotopic (exact) mass is 215 g/mol. The summed E-state index contributed by atoms with van der Waals surface area (Å²) in [6, 6.07) is -0.106. The van der Waals surface area contributed by atoms with Crippen LogP contribution in [0.25, 0.3) is 0 Å². The van der Waals surface area contributed by atoms with Gasteiger partial charge in [0.1, 0.15) is 0 Å². The Hall–Kier alpha value is -0.650. The summed E-state index contributed by atoms with van der Waals surface area (Å²) in [4.78, 5) is 12.7. The predicted octanol–water partition coefficient (Wildman–Crippen LogP) is -0.580. The zero-order chi connectivity index (χ0) is 11.2. The maximum absolute atomic E-state index is 10.7. The number of carboxylic acids is 1. The summed E-state index contributed by atoms with van der Waals surface area (Å²) in [6.45, 7) is 0. The first-order chi connectivity index (χ1) is 6.92. The van der Waals surface area contributed by atoms with Crippen molar-refractivity contribution in [1.82, 2.24) is 4.90 Å². The van der Waals surface area contributed by atoms with Gasteiger partial charge in [0, 0.05) is 12.1 Å². The molecule has 2 bridgehead atoms. The summed E-state index contributed by atoms with van der Waals surface area (Å²) in [5.41, 5.74) is -1.16. The molecular formula is C10H17NO4. The summed E-state index contributed by atoms with van der Waals surface area (Å²) >= 11 is 0. The fourth-order valence-electron chi connectivity index (χ4n) is 3.08. The number of fused-ring (bicyclic) bond motifs is 2. The van der Waals surface area contributed by atoms with Crippen molar-refractivity contribution in [2.24, 2.45) is 0 Å². The normalized spacial score (nSPS) is 45.7. The SMILES string of the molecule is CN1[C@H]2C[C@@H](O)C[C@H]1[C@@](O)(CC(=O)O)C2. The quantitative estimate of drug-likeness (QED) is 0.574. The van der Waals surface area contributed by atoms with Gasteiger partial charge in [0.2, 0.25) is 0 Å². The molecule has 2 rings (SSSR count). The van der Waals surface area contributed by atoms with Gasteiger partial charge >= 0.3 is 5.97 Å². The number of aliphatic hydroxyl groups excluding tert-OH is 1. The Kier molecular flexibility index (Phi) is 2.48. The second-order valence-corrected chi connectivity index (χ2v) is 4.84. The second kappa shape index (κ2) is 3.43. The molecule has 4 atom stereocenters. The second-order valence-electron chi connectivity index (χ2n) is 4.84. The average Bonchev–Trinajstić information content (AvgIpc) is 2.26. The Morgan fingerprint density at radius 2 is 2.20 bits per heavy atom. The van der Waals surface area contributed by atoms with E-state index >= 15 is 0 Å². The standard InChI is InChI=1S/C10H17NO4/c1-11-6-2-7(12)3-8(11)10(15,4-6)5-9(13)14/h6-8,12,15H,2-5H2,1H3,(H,13,14)/t6-,7+,8-,10-/m0/s1. The molecule has 0 aliphatic carbocycles. The first-order valence-electron chi connectivity index (χ1n) is 5.26. The smallest absolute Gasteiger partial charge is 0.306 e. The van der Waals surface area contributed by atoms with Crippen LogP contribution >= 0.6 is 0 Å². The zero-order valence-corrected chi connectivity index (χ0v) is 8.76. The number of carboxylic acid groups (broad SMARTS) is 1. The summed E-state index contributed by atoms with van der Waals surface area (Å²) in [7, 11) is 1.89. The molecule has 0 radical (unpaired) electrons. The first-order valence-corrected chi connectivity index (χ1v) is 5.26. The van der Waals surface area contributed by atoms with Gasteiger partial charge in [-0.1, -0.05) is 0 Å². The van der Waals surface area contributed by atoms with Crippen molar-refractivity contribution in [2.45, 2.75) is 49.5 Å². The number of aliphatic hydroxyl groups is 2. The van der Waals surface area contributed by atoms with Crippen molar-refractivity contribution >= 4 is 5.97 Å². The summed E-state index contributed by atoms with van der Waals surface area (Å²) in [5, 5.41) is 28.6. The van der Waals surface area contributed by atoms with E-state index in [-0.39, 0.29) is 18.5 Å². The molecular weight excluding hydrogens is 198 g/mol. The van der Waals surface area contributed by atoms with E-state index in [0.717, 1.165) is 0 Å². The Morgan fingerprint density at radius 1 is 1.53 bits per heavy atom. The van der Waals surface area contributed by atoms with Gasteiger partial charge in [-0.3, -0.25) is 9.69 Å². The molecule has 0 spiro atoms. The van der Waals surface area contributed by atoms with Crippen molar-refractivity contribution < 1.29 is 20.1 Å². The van der Waals surface area contributed by atoms with Gasteiger partial charge in [0.25, 0.3) is 0 Å². The van der Waals surface area contributed by atoms with E-state index in [4.69, 9.17) is 5.11 Å². The van der Waals surface area contributed by atoms with Gasteiger partial charge in [-0.2, -0.15) is 0 Å². The lowest BCUT2D eigenvalue weighted by Crippen LogP contribution is -2.49. The number of rotatable bonds is 2. The zero-order valence-electron chi connectivity index (χ0n) is 8.76. The lowest BCUT2D eigenvalue weighted by Gasteiger charge is -2.37. The molecule has 15 heavy (non-hydrogen) atoms. The summed E-state index contributed by atoms with van der Waals surface area (Å²) in [6.07, 6.45) is 0.924. The highest BCUT2D eigenvalue weighted by atomic mass is 16.4. The van der Waals surface area contributed by atoms with Crippen LogP contribution in [0.2, 0.25) is 0 Å². The lowest BCUT2D eigenvalue weighted by molar-refractivity contribution is -0.144. The Balaban J connectivity index is 2.19. The third-order valence-corrected chi connectivity index (χ3v) is 3.77. The van der Waals surface area contributed by atoms with Gasteiger partial charge < -0.3 is 15.3 Å². The van der Waals surface area contributed by atoms with E-state index in [1.54, 1.807) is 0 Å². The van der Waals surface area contributed by atoms with E-state index < -0.39 is 17.7 Å². The molecule has 0 aromatic rings. The topological polar surface area (TPSA) is 81.0 Å². The molecule has 5 nitrogen and oxygen atoms in total. The number of hydrogen-bond acceptors (Lipinski definition) is 4. The van der Waals surface area contributed by atoms with Crippen molar-refractivity contribution in [2.75, 3.05) is 7.05 Å². The molecule has 0 aromatic carbocycles. The van der Waals surface area contributed by atoms with Crippen molar-refractivity contribution in [3.8, 4) is 0 Å². The number of carbonyl (C=O) groups is 1. The van der Waals surface area contributed by atoms with Crippen LogP contribution in [0.5, 0.6) is 0 Å². The largest absolute Gasteiger partial charge is 0.481 e. The molecule has 0 aromatic heterocycles. The van der Waals surface area contributed by atoms with Crippen LogP contribution in [-0.2, 0) is 4.79 Å². The Bertz CT molecular complexity index is 283. The van der Waals surface area contributed by atoms with Gasteiger partial charge in [0.15, 0.2) is 0 Å². The highest BCUT2D eigenvalue weighted by molar-refractivity contribution is 5.68. The van der Waals surface area contributed by atoms with Crippen LogP contribution in [0.1, 0.15) is 25.7 Å². The molecule has 2 aliphatic heterocycles. The van der Waals surface area contributed by atoms with Crippen LogP contribution in [0.3, 0.4) is 0 Å². The predicted molar refractivity (Wildman–Crippen MR) is 52.4 cm³/mol. The Labute approximate surface area is 88.3 Å². The molecule has 0 saturated carbocycles. The molecule has 3 N–H and O–H groups in total. The van der Waals surface area contributed by atoms with E-state index in [2.05, 4.69) is 0 Å². The van der Waals surface area contributed by atoms with Crippen LogP contribution in [0, 0.1) is 0 Å². The van der Waals surface area contributed by atoms with Crippen LogP contribution in [0.4, 0.5) is 0 Å². The fourth-order valence-corrected chi connectivity index (χ4v) is 3.08. The molecule has 0 unspecified atom stereocenters. The Morgan fingerprint density at radius 3 is 2.80 bits per heavy atom. The van der Waals surface area contributed by atoms with Crippen LogP contribution < -0.4 is 0 Å². The highest BCUT2D eigenvalue weighted by Crippen LogP contribution is 2.42. The van der Waals surface area contributed by atoms with Crippen LogP contribution in [-0.4, -0.2) is 57.0 Å². The number of hydrogen-bond donors (Lipinski definition) is 3. The van der Waals surface area contributed by atoms with E-state index in [9.17, 15) is 15.0 Å². The molecule has 2 aliphatic rings. The third kappa shape index (κ3) is 1.75. The minimum Gasteiger partial charge on any atom is -0.481 e. The number of aliphatic carboxylic acids is 1. The van der Waals surface area contributed by atoms with Crippen molar-refractivity contribution in [1.29, 1.82) is 0 Å². The van der Waals surface area contributed by atoms with Crippen LogP contribution in [0.15, 0.2) is 0 Å². The molecule has 2 saturated heterocycles. The molecule has 5 heteroatoms. The number of nitrogens with zero attached hydrogens (tertiary/aromatic N) is 1. The van der Waals surface area contributed by atoms with Gasteiger partial charge in [-0.05, 0) is 26.3 Å². The third-order valence-electron chi connectivity index (χ3n) is 3.77. The minimum absolute atomic E-state index is 0.114. The molecule has 86 valence electrons. The van der Waals surface area contributed by atoms with Gasteiger partial charge in [-0.25, -0.2) is 0 Å². The van der Waals surface area contributed by atoms with Crippen molar-refractivity contribution in [3.05, 3.63) is 0 Å². The van der Waals surface area contributed by atoms with E-state index in [1.807, 2.05) is 11.9 Å². The number of likely N-dealkylation sites (N-methyl/N-ethyl adjacent to an activating group) is 1. The average molecular weight is 215 g/mol. The highest BCUT2D eigenvalue weighted by Gasteiger charge is 2.54. The maximum Gasteiger partial charge on any atom is 0.306 e.